The van der Waals surface area contributed by atoms with E-state index in [1.165, 1.54) is 0 Å². The molecule has 0 unspecified atom stereocenters. The standard InChI is InChI=1S/C9H18N2O5S/c1-4-16-8(12)10-17(14,15)11-5-9(13,6-11)7(2)3/h7,13H,4-6H2,1-3H3,(H,10,12). The van der Waals surface area contributed by atoms with Crippen LogP contribution < -0.4 is 4.72 Å². The highest BCUT2D eigenvalue weighted by Crippen LogP contribution is 2.30. The molecule has 17 heavy (non-hydrogen) atoms. The number of rotatable bonds is 4. The Kier molecular flexibility index (Phi) is 4.00. The molecule has 8 heteroatoms. The number of hydrogen-bond donors (Lipinski definition) is 2. The van der Waals surface area contributed by atoms with Gasteiger partial charge in [0.15, 0.2) is 0 Å². The lowest BCUT2D eigenvalue weighted by molar-refractivity contribution is -0.0936. The summed E-state index contributed by atoms with van der Waals surface area (Å²) in [6.07, 6.45) is -1.01. The first-order valence-corrected chi connectivity index (χ1v) is 6.82. The van der Waals surface area contributed by atoms with Crippen LogP contribution >= 0.6 is 0 Å². The van der Waals surface area contributed by atoms with Crippen molar-refractivity contribution in [2.45, 2.75) is 26.4 Å². The van der Waals surface area contributed by atoms with Crippen LogP contribution in [0.1, 0.15) is 20.8 Å². The maximum atomic E-state index is 11.6. The van der Waals surface area contributed by atoms with E-state index in [1.807, 2.05) is 13.8 Å². The van der Waals surface area contributed by atoms with Gasteiger partial charge in [-0.05, 0) is 12.8 Å². The smallest absolute Gasteiger partial charge is 0.421 e. The van der Waals surface area contributed by atoms with E-state index in [2.05, 4.69) is 4.74 Å². The van der Waals surface area contributed by atoms with Gasteiger partial charge in [-0.2, -0.15) is 12.7 Å². The second kappa shape index (κ2) is 4.79. The number of nitrogens with one attached hydrogen (secondary N) is 1. The summed E-state index contributed by atoms with van der Waals surface area (Å²) in [7, 11) is -3.90. The summed E-state index contributed by atoms with van der Waals surface area (Å²) < 4.78 is 30.5. The molecule has 0 bridgehead atoms. The van der Waals surface area contributed by atoms with E-state index >= 15 is 0 Å². The summed E-state index contributed by atoms with van der Waals surface area (Å²) in [6.45, 7) is 5.26. The van der Waals surface area contributed by atoms with Gasteiger partial charge in [-0.1, -0.05) is 13.8 Å². The van der Waals surface area contributed by atoms with Crippen LogP contribution in [0, 0.1) is 5.92 Å². The van der Waals surface area contributed by atoms with E-state index < -0.39 is 21.9 Å². The number of carbonyl (C=O) groups excluding carboxylic acids is 1. The minimum Gasteiger partial charge on any atom is -0.449 e. The third-order valence-electron chi connectivity index (χ3n) is 2.80. The first kappa shape index (κ1) is 14.2. The Morgan fingerprint density at radius 2 is 2.06 bits per heavy atom. The minimum absolute atomic E-state index is 0.0145. The third kappa shape index (κ3) is 3.08. The molecule has 100 valence electrons. The maximum absolute atomic E-state index is 11.6. The van der Waals surface area contributed by atoms with E-state index in [0.717, 1.165) is 4.31 Å². The van der Waals surface area contributed by atoms with Crippen molar-refractivity contribution in [3.05, 3.63) is 0 Å². The fraction of sp³-hybridized carbons (Fsp3) is 0.889. The van der Waals surface area contributed by atoms with Crippen LogP contribution in [0.3, 0.4) is 0 Å². The van der Waals surface area contributed by atoms with Crippen molar-refractivity contribution in [3.63, 3.8) is 0 Å². The molecular weight excluding hydrogens is 248 g/mol. The Balaban J connectivity index is 2.56. The van der Waals surface area contributed by atoms with Crippen molar-refractivity contribution in [1.29, 1.82) is 0 Å². The molecule has 0 aromatic rings. The first-order valence-electron chi connectivity index (χ1n) is 5.38. The van der Waals surface area contributed by atoms with Gasteiger partial charge in [-0.25, -0.2) is 9.52 Å². The zero-order valence-electron chi connectivity index (χ0n) is 10.1. The van der Waals surface area contributed by atoms with E-state index in [9.17, 15) is 18.3 Å². The maximum Gasteiger partial charge on any atom is 0.421 e. The van der Waals surface area contributed by atoms with Crippen molar-refractivity contribution >= 4 is 16.3 Å². The van der Waals surface area contributed by atoms with Gasteiger partial charge in [0.05, 0.1) is 12.2 Å². The Morgan fingerprint density at radius 1 is 1.53 bits per heavy atom. The van der Waals surface area contributed by atoms with E-state index in [4.69, 9.17) is 0 Å². The van der Waals surface area contributed by atoms with Crippen LogP contribution in [0.4, 0.5) is 4.79 Å². The highest BCUT2D eigenvalue weighted by atomic mass is 32.2. The van der Waals surface area contributed by atoms with Crippen molar-refractivity contribution < 1.29 is 23.1 Å². The second-order valence-corrected chi connectivity index (χ2v) is 6.02. The summed E-state index contributed by atoms with van der Waals surface area (Å²) >= 11 is 0. The zero-order valence-corrected chi connectivity index (χ0v) is 11.0. The number of amides is 1. The number of β-amino-alcohol motifs (C(OH)–C–C–N with tert-alkyl or cyclic N) is 1. The summed E-state index contributed by atoms with van der Waals surface area (Å²) in [4.78, 5) is 11.0. The summed E-state index contributed by atoms with van der Waals surface area (Å²) in [5.41, 5.74) is -1.01. The molecule has 0 radical (unpaired) electrons. The van der Waals surface area contributed by atoms with Gasteiger partial charge in [-0.3, -0.25) is 0 Å². The number of carbonyl (C=O) groups is 1. The largest absolute Gasteiger partial charge is 0.449 e. The molecule has 0 aromatic heterocycles. The summed E-state index contributed by atoms with van der Waals surface area (Å²) in [5, 5.41) is 9.91. The van der Waals surface area contributed by atoms with Crippen molar-refractivity contribution in [2.75, 3.05) is 19.7 Å². The lowest BCUT2D eigenvalue weighted by Gasteiger charge is -2.47. The Bertz CT molecular complexity index is 386. The molecule has 1 aliphatic heterocycles. The monoisotopic (exact) mass is 266 g/mol. The topological polar surface area (TPSA) is 95.9 Å². The second-order valence-electron chi connectivity index (χ2n) is 4.35. The molecular formula is C9H18N2O5S. The Morgan fingerprint density at radius 3 is 2.47 bits per heavy atom. The lowest BCUT2D eigenvalue weighted by atomic mass is 9.85. The molecule has 7 nitrogen and oxygen atoms in total. The van der Waals surface area contributed by atoms with Crippen LogP contribution in [0.5, 0.6) is 0 Å². The highest BCUT2D eigenvalue weighted by Gasteiger charge is 2.49. The molecule has 0 aliphatic carbocycles. The Hall–Kier alpha value is -0.860. The van der Waals surface area contributed by atoms with E-state index in [0.29, 0.717) is 0 Å². The van der Waals surface area contributed by atoms with Crippen molar-refractivity contribution in [2.24, 2.45) is 5.92 Å². The molecule has 0 spiro atoms. The highest BCUT2D eigenvalue weighted by molar-refractivity contribution is 7.87. The molecule has 1 heterocycles. The molecule has 0 saturated carbocycles. The first-order chi connectivity index (χ1) is 7.71. The van der Waals surface area contributed by atoms with Gasteiger partial charge in [-0.15, -0.1) is 0 Å². The third-order valence-corrected chi connectivity index (χ3v) is 4.17. The van der Waals surface area contributed by atoms with Gasteiger partial charge in [0, 0.05) is 13.1 Å². The summed E-state index contributed by atoms with van der Waals surface area (Å²) in [5.74, 6) is -0.0449. The molecule has 1 fully saturated rings. The van der Waals surface area contributed by atoms with Crippen LogP contribution in [-0.4, -0.2) is 49.2 Å². The molecule has 1 rings (SSSR count). The van der Waals surface area contributed by atoms with Crippen LogP contribution in [-0.2, 0) is 14.9 Å². The SMILES string of the molecule is CCOC(=O)NS(=O)(=O)N1CC(O)(C(C)C)C1. The van der Waals surface area contributed by atoms with Crippen LogP contribution in [0.25, 0.3) is 0 Å². The van der Waals surface area contributed by atoms with E-state index in [1.54, 1.807) is 11.6 Å². The van der Waals surface area contributed by atoms with Gasteiger partial charge in [0.2, 0.25) is 0 Å². The zero-order chi connectivity index (χ0) is 13.3. The van der Waals surface area contributed by atoms with Gasteiger partial charge in [0.25, 0.3) is 0 Å². The predicted octanol–water partition coefficient (Wildman–Crippen LogP) is -0.320. The van der Waals surface area contributed by atoms with Crippen molar-refractivity contribution in [3.8, 4) is 0 Å². The predicted molar refractivity (Wildman–Crippen MR) is 60.4 cm³/mol. The quantitative estimate of drug-likeness (QED) is 0.727. The molecule has 0 aromatic carbocycles. The summed E-state index contributed by atoms with van der Waals surface area (Å²) in [6, 6.07) is 0. The number of aliphatic hydroxyl groups is 1. The van der Waals surface area contributed by atoms with Gasteiger partial charge >= 0.3 is 16.3 Å². The van der Waals surface area contributed by atoms with E-state index in [-0.39, 0.29) is 25.6 Å². The minimum atomic E-state index is -3.90. The fourth-order valence-electron chi connectivity index (χ4n) is 1.43. The Labute approximate surface area is 101 Å². The van der Waals surface area contributed by atoms with Crippen molar-refractivity contribution in [1.82, 2.24) is 9.03 Å². The molecule has 2 N–H and O–H groups in total. The molecule has 1 saturated heterocycles. The number of nitrogens with zero attached hydrogens (tertiary/aromatic N) is 1. The van der Waals surface area contributed by atoms with Crippen LogP contribution in [0.2, 0.25) is 0 Å². The average molecular weight is 266 g/mol. The van der Waals surface area contributed by atoms with Crippen LogP contribution in [0.15, 0.2) is 0 Å². The lowest BCUT2D eigenvalue weighted by Crippen LogP contribution is -2.67. The van der Waals surface area contributed by atoms with Gasteiger partial charge < -0.3 is 9.84 Å². The molecule has 1 aliphatic rings. The number of ether oxygens (including phenoxy) is 1. The molecule has 1 amide bonds. The fourth-order valence-corrected chi connectivity index (χ4v) is 2.62. The molecule has 0 atom stereocenters. The average Bonchev–Trinajstić information content (AvgIpc) is 2.11. The normalized spacial score (nSPS) is 19.8. The van der Waals surface area contributed by atoms with Gasteiger partial charge in [0.1, 0.15) is 0 Å². The number of hydrogen-bond acceptors (Lipinski definition) is 5.